The van der Waals surface area contributed by atoms with Crippen LogP contribution in [0, 0.1) is 6.92 Å². The van der Waals surface area contributed by atoms with E-state index in [2.05, 4.69) is 19.2 Å². The minimum atomic E-state index is 0.379. The van der Waals surface area contributed by atoms with Gasteiger partial charge in [-0.2, -0.15) is 0 Å². The van der Waals surface area contributed by atoms with Crippen LogP contribution in [0.15, 0.2) is 18.2 Å². The van der Waals surface area contributed by atoms with Crippen molar-refractivity contribution in [2.45, 2.75) is 26.8 Å². The fourth-order valence-electron chi connectivity index (χ4n) is 1.35. The molecule has 0 unspecified atom stereocenters. The van der Waals surface area contributed by atoms with Gasteiger partial charge >= 0.3 is 0 Å². The van der Waals surface area contributed by atoms with Gasteiger partial charge in [-0.3, -0.25) is 0 Å². The second-order valence-corrected chi connectivity index (χ2v) is 4.10. The quantitative estimate of drug-likeness (QED) is 0.749. The standard InChI is InChI=1S/C11H16N2S/c1-7(2)13-10-8(3)5-4-6-9(10)11(12)14/h4-7,13H,1-3H3,(H2,12,14). The zero-order chi connectivity index (χ0) is 10.7. The molecule has 0 bridgehead atoms. The molecule has 0 heterocycles. The minimum Gasteiger partial charge on any atom is -0.389 e. The van der Waals surface area contributed by atoms with Crippen LogP contribution >= 0.6 is 12.2 Å². The maximum atomic E-state index is 5.65. The maximum Gasteiger partial charge on any atom is 0.106 e. The van der Waals surface area contributed by atoms with Gasteiger partial charge in [-0.25, -0.2) is 0 Å². The molecule has 2 nitrogen and oxygen atoms in total. The molecule has 0 radical (unpaired) electrons. The highest BCUT2D eigenvalue weighted by molar-refractivity contribution is 7.80. The van der Waals surface area contributed by atoms with Gasteiger partial charge < -0.3 is 11.1 Å². The van der Waals surface area contributed by atoms with Crippen molar-refractivity contribution < 1.29 is 0 Å². The Kier molecular flexibility index (Phi) is 3.47. The van der Waals surface area contributed by atoms with Gasteiger partial charge in [-0.05, 0) is 32.4 Å². The number of hydrogen-bond donors (Lipinski definition) is 2. The summed E-state index contributed by atoms with van der Waals surface area (Å²) in [6, 6.07) is 6.34. The summed E-state index contributed by atoms with van der Waals surface area (Å²) in [4.78, 5) is 0.442. The van der Waals surface area contributed by atoms with Gasteiger partial charge in [0.05, 0.1) is 0 Å². The SMILES string of the molecule is Cc1cccc(C(N)=S)c1NC(C)C. The first-order valence-corrected chi connectivity index (χ1v) is 5.09. The smallest absolute Gasteiger partial charge is 0.106 e. The van der Waals surface area contributed by atoms with E-state index in [0.717, 1.165) is 11.3 Å². The van der Waals surface area contributed by atoms with Crippen molar-refractivity contribution in [3.63, 3.8) is 0 Å². The Hall–Kier alpha value is -1.09. The summed E-state index contributed by atoms with van der Waals surface area (Å²) in [7, 11) is 0. The number of benzene rings is 1. The number of nitrogens with two attached hydrogens (primary N) is 1. The van der Waals surface area contributed by atoms with E-state index in [1.54, 1.807) is 0 Å². The Morgan fingerprint density at radius 1 is 1.43 bits per heavy atom. The Morgan fingerprint density at radius 3 is 2.57 bits per heavy atom. The van der Waals surface area contributed by atoms with Gasteiger partial charge in [-0.1, -0.05) is 24.4 Å². The number of thiocarbonyl (C=S) groups is 1. The van der Waals surface area contributed by atoms with E-state index in [1.165, 1.54) is 5.56 Å². The van der Waals surface area contributed by atoms with E-state index >= 15 is 0 Å². The second-order valence-electron chi connectivity index (χ2n) is 3.66. The largest absolute Gasteiger partial charge is 0.389 e. The van der Waals surface area contributed by atoms with Crippen LogP contribution < -0.4 is 11.1 Å². The second kappa shape index (κ2) is 4.42. The van der Waals surface area contributed by atoms with Gasteiger partial charge in [0.1, 0.15) is 4.99 Å². The molecule has 1 aromatic carbocycles. The van der Waals surface area contributed by atoms with Crippen LogP contribution in [0.3, 0.4) is 0 Å². The van der Waals surface area contributed by atoms with Crippen LogP contribution in [-0.4, -0.2) is 11.0 Å². The molecule has 1 aromatic rings. The van der Waals surface area contributed by atoms with Gasteiger partial charge in [0, 0.05) is 17.3 Å². The van der Waals surface area contributed by atoms with Crippen molar-refractivity contribution in [1.82, 2.24) is 0 Å². The first kappa shape index (κ1) is 11.0. The van der Waals surface area contributed by atoms with Crippen LogP contribution in [0.1, 0.15) is 25.0 Å². The predicted octanol–water partition coefficient (Wildman–Crippen LogP) is 2.45. The average molecular weight is 208 g/mol. The molecule has 0 amide bonds. The Labute approximate surface area is 90.5 Å². The third-order valence-electron chi connectivity index (χ3n) is 1.97. The molecule has 0 aliphatic carbocycles. The Bertz CT molecular complexity index is 345. The first-order chi connectivity index (χ1) is 6.52. The van der Waals surface area contributed by atoms with Crippen LogP contribution in [-0.2, 0) is 0 Å². The van der Waals surface area contributed by atoms with Crippen molar-refractivity contribution >= 4 is 22.9 Å². The molecule has 0 fully saturated rings. The molecule has 0 aromatic heterocycles. The number of para-hydroxylation sites is 1. The lowest BCUT2D eigenvalue weighted by molar-refractivity contribution is 0.897. The highest BCUT2D eigenvalue weighted by Crippen LogP contribution is 2.21. The molecule has 14 heavy (non-hydrogen) atoms. The maximum absolute atomic E-state index is 5.65. The molecule has 0 spiro atoms. The van der Waals surface area contributed by atoms with Crippen LogP contribution in [0.4, 0.5) is 5.69 Å². The lowest BCUT2D eigenvalue weighted by Gasteiger charge is -2.16. The van der Waals surface area contributed by atoms with E-state index in [0.29, 0.717) is 11.0 Å². The molecule has 3 N–H and O–H groups in total. The molecule has 3 heteroatoms. The molecule has 0 saturated heterocycles. The van der Waals surface area contributed by atoms with Crippen LogP contribution in [0.5, 0.6) is 0 Å². The Balaban J connectivity index is 3.15. The molecule has 0 saturated carbocycles. The zero-order valence-corrected chi connectivity index (χ0v) is 9.61. The summed E-state index contributed by atoms with van der Waals surface area (Å²) in [5.74, 6) is 0. The molecular formula is C11H16N2S. The first-order valence-electron chi connectivity index (χ1n) is 4.68. The summed E-state index contributed by atoms with van der Waals surface area (Å²) in [5.41, 5.74) is 8.80. The molecule has 0 atom stereocenters. The van der Waals surface area contributed by atoms with Gasteiger partial charge in [-0.15, -0.1) is 0 Å². The number of nitrogens with one attached hydrogen (secondary N) is 1. The highest BCUT2D eigenvalue weighted by atomic mass is 32.1. The monoisotopic (exact) mass is 208 g/mol. The third kappa shape index (κ3) is 2.45. The molecule has 1 rings (SSSR count). The van der Waals surface area contributed by atoms with E-state index in [1.807, 2.05) is 25.1 Å². The van der Waals surface area contributed by atoms with Gasteiger partial charge in [0.25, 0.3) is 0 Å². The van der Waals surface area contributed by atoms with E-state index in [4.69, 9.17) is 18.0 Å². The van der Waals surface area contributed by atoms with Gasteiger partial charge in [0.15, 0.2) is 0 Å². The van der Waals surface area contributed by atoms with E-state index in [9.17, 15) is 0 Å². The van der Waals surface area contributed by atoms with Crippen LogP contribution in [0.25, 0.3) is 0 Å². The van der Waals surface area contributed by atoms with Crippen molar-refractivity contribution in [1.29, 1.82) is 0 Å². The third-order valence-corrected chi connectivity index (χ3v) is 2.19. The normalized spacial score (nSPS) is 10.3. The number of hydrogen-bond acceptors (Lipinski definition) is 2. The molecule has 76 valence electrons. The summed E-state index contributed by atoms with van der Waals surface area (Å²) >= 11 is 5.00. The summed E-state index contributed by atoms with van der Waals surface area (Å²) in [6.07, 6.45) is 0. The molecule has 0 aliphatic rings. The predicted molar refractivity (Wildman–Crippen MR) is 65.8 cm³/mol. The average Bonchev–Trinajstić information content (AvgIpc) is 2.07. The fraction of sp³-hybridized carbons (Fsp3) is 0.364. The highest BCUT2D eigenvalue weighted by Gasteiger charge is 2.07. The fourth-order valence-corrected chi connectivity index (χ4v) is 1.52. The van der Waals surface area contributed by atoms with Crippen molar-refractivity contribution in [2.75, 3.05) is 5.32 Å². The summed E-state index contributed by atoms with van der Waals surface area (Å²) in [6.45, 7) is 6.23. The zero-order valence-electron chi connectivity index (χ0n) is 8.79. The minimum absolute atomic E-state index is 0.379. The van der Waals surface area contributed by atoms with E-state index < -0.39 is 0 Å². The Morgan fingerprint density at radius 2 is 2.07 bits per heavy atom. The summed E-state index contributed by atoms with van der Waals surface area (Å²) < 4.78 is 0. The van der Waals surface area contributed by atoms with E-state index in [-0.39, 0.29) is 0 Å². The number of rotatable bonds is 3. The van der Waals surface area contributed by atoms with Gasteiger partial charge in [0.2, 0.25) is 0 Å². The summed E-state index contributed by atoms with van der Waals surface area (Å²) in [5, 5.41) is 3.36. The number of aryl methyl sites for hydroxylation is 1. The van der Waals surface area contributed by atoms with Crippen molar-refractivity contribution in [3.8, 4) is 0 Å². The van der Waals surface area contributed by atoms with Crippen molar-refractivity contribution in [3.05, 3.63) is 29.3 Å². The van der Waals surface area contributed by atoms with Crippen LogP contribution in [0.2, 0.25) is 0 Å². The lowest BCUT2D eigenvalue weighted by Crippen LogP contribution is -2.17. The molecule has 0 aliphatic heterocycles. The lowest BCUT2D eigenvalue weighted by atomic mass is 10.1. The van der Waals surface area contributed by atoms with Crippen molar-refractivity contribution in [2.24, 2.45) is 5.73 Å². The number of anilines is 1. The molecular weight excluding hydrogens is 192 g/mol. The topological polar surface area (TPSA) is 38.0 Å².